The number of carbonyl (C=O) groups is 2. The van der Waals surface area contributed by atoms with Crippen LogP contribution in [-0.4, -0.2) is 23.4 Å². The molecule has 1 unspecified atom stereocenters. The number of carbonyl (C=O) groups excluding carboxylic acids is 2. The van der Waals surface area contributed by atoms with Gasteiger partial charge in [0, 0.05) is 0 Å². The first kappa shape index (κ1) is 11.2. The van der Waals surface area contributed by atoms with Crippen LogP contribution in [0.5, 0.6) is 0 Å². The van der Waals surface area contributed by atoms with Gasteiger partial charge in [-0.05, 0) is 12.5 Å². The molecular weight excluding hydrogens is 220 g/mol. The minimum atomic E-state index is -1.19. The number of hydrogen-bond donors (Lipinski definition) is 2. The van der Waals surface area contributed by atoms with Gasteiger partial charge >= 0.3 is 5.97 Å². The SMILES string of the molecule is Cc1ccc(C(=N)C2C(=N)OC(=O)C2=O)cc1. The molecule has 0 spiro atoms. The number of esters is 1. The number of aryl methyl sites for hydroxylation is 1. The normalized spacial score (nSPS) is 19.4. The first-order chi connectivity index (χ1) is 8.00. The molecule has 0 aromatic heterocycles. The van der Waals surface area contributed by atoms with E-state index in [0.717, 1.165) is 5.56 Å². The Bertz CT molecular complexity index is 531. The topological polar surface area (TPSA) is 91.1 Å². The molecule has 1 fully saturated rings. The van der Waals surface area contributed by atoms with Crippen LogP contribution in [0.25, 0.3) is 0 Å². The highest BCUT2D eigenvalue weighted by Crippen LogP contribution is 2.18. The fraction of sp³-hybridized carbons (Fsp3) is 0.167. The summed E-state index contributed by atoms with van der Waals surface area (Å²) in [5, 5.41) is 15.2. The Morgan fingerprint density at radius 3 is 2.29 bits per heavy atom. The van der Waals surface area contributed by atoms with Crippen LogP contribution in [0.4, 0.5) is 0 Å². The van der Waals surface area contributed by atoms with E-state index in [0.29, 0.717) is 5.56 Å². The van der Waals surface area contributed by atoms with Gasteiger partial charge in [-0.15, -0.1) is 0 Å². The molecule has 1 saturated heterocycles. The number of rotatable bonds is 2. The van der Waals surface area contributed by atoms with Gasteiger partial charge in [0.1, 0.15) is 5.92 Å². The van der Waals surface area contributed by atoms with Crippen molar-refractivity contribution in [3.8, 4) is 0 Å². The molecule has 1 aliphatic heterocycles. The van der Waals surface area contributed by atoms with Crippen molar-refractivity contribution < 1.29 is 14.3 Å². The Balaban J connectivity index is 2.32. The second-order valence-corrected chi connectivity index (χ2v) is 3.83. The van der Waals surface area contributed by atoms with Crippen molar-refractivity contribution in [3.63, 3.8) is 0 Å². The van der Waals surface area contributed by atoms with E-state index in [9.17, 15) is 9.59 Å². The van der Waals surface area contributed by atoms with Crippen molar-refractivity contribution in [2.24, 2.45) is 5.92 Å². The molecule has 1 heterocycles. The van der Waals surface area contributed by atoms with Crippen LogP contribution >= 0.6 is 0 Å². The molecule has 0 saturated carbocycles. The van der Waals surface area contributed by atoms with Crippen molar-refractivity contribution in [1.29, 1.82) is 10.8 Å². The Labute approximate surface area is 97.4 Å². The van der Waals surface area contributed by atoms with Gasteiger partial charge in [-0.3, -0.25) is 10.2 Å². The Hall–Kier alpha value is -2.30. The van der Waals surface area contributed by atoms with Gasteiger partial charge in [0.25, 0.3) is 5.78 Å². The third-order valence-corrected chi connectivity index (χ3v) is 2.58. The molecule has 5 nitrogen and oxygen atoms in total. The van der Waals surface area contributed by atoms with E-state index in [-0.39, 0.29) is 5.71 Å². The van der Waals surface area contributed by atoms with E-state index >= 15 is 0 Å². The third-order valence-electron chi connectivity index (χ3n) is 2.58. The van der Waals surface area contributed by atoms with Crippen molar-refractivity contribution in [3.05, 3.63) is 35.4 Å². The lowest BCUT2D eigenvalue weighted by Gasteiger charge is -2.07. The Morgan fingerprint density at radius 2 is 1.82 bits per heavy atom. The molecule has 0 radical (unpaired) electrons. The highest BCUT2D eigenvalue weighted by Gasteiger charge is 2.43. The maximum atomic E-state index is 11.4. The van der Waals surface area contributed by atoms with E-state index in [1.165, 1.54) is 0 Å². The zero-order valence-corrected chi connectivity index (χ0v) is 9.11. The highest BCUT2D eigenvalue weighted by atomic mass is 16.6. The summed E-state index contributed by atoms with van der Waals surface area (Å²) >= 11 is 0. The summed E-state index contributed by atoms with van der Waals surface area (Å²) in [5.74, 6) is -3.56. The number of nitrogens with one attached hydrogen (secondary N) is 2. The molecule has 0 aliphatic carbocycles. The van der Waals surface area contributed by atoms with Crippen LogP contribution < -0.4 is 0 Å². The lowest BCUT2D eigenvalue weighted by Crippen LogP contribution is -2.26. The van der Waals surface area contributed by atoms with Crippen molar-refractivity contribution in [2.75, 3.05) is 0 Å². The average molecular weight is 230 g/mol. The number of cyclic esters (lactones) is 1. The zero-order chi connectivity index (χ0) is 12.6. The Morgan fingerprint density at radius 1 is 1.24 bits per heavy atom. The summed E-state index contributed by atoms with van der Waals surface area (Å²) in [5.41, 5.74) is 1.46. The second kappa shape index (κ2) is 3.93. The number of ketones is 1. The second-order valence-electron chi connectivity index (χ2n) is 3.83. The van der Waals surface area contributed by atoms with E-state index in [1.807, 2.05) is 6.92 Å². The van der Waals surface area contributed by atoms with E-state index in [1.54, 1.807) is 24.3 Å². The molecule has 2 rings (SSSR count). The van der Waals surface area contributed by atoms with Gasteiger partial charge in [0.05, 0.1) is 5.71 Å². The molecule has 86 valence electrons. The molecule has 5 heteroatoms. The third kappa shape index (κ3) is 1.87. The quantitative estimate of drug-likeness (QED) is 0.452. The number of hydrogen-bond acceptors (Lipinski definition) is 5. The maximum Gasteiger partial charge on any atom is 0.382 e. The molecule has 0 bridgehead atoms. The van der Waals surface area contributed by atoms with Gasteiger partial charge in [-0.2, -0.15) is 0 Å². The number of ether oxygens (including phenoxy) is 1. The minimum absolute atomic E-state index is 0.0779. The zero-order valence-electron chi connectivity index (χ0n) is 9.11. The molecule has 1 aromatic rings. The average Bonchev–Trinajstić information content (AvgIpc) is 2.53. The van der Waals surface area contributed by atoms with Gasteiger partial charge in [-0.1, -0.05) is 29.8 Å². The van der Waals surface area contributed by atoms with E-state index in [4.69, 9.17) is 10.8 Å². The monoisotopic (exact) mass is 230 g/mol. The molecule has 1 aliphatic rings. The number of Topliss-reactive ketones (excluding diaryl/α,β-unsaturated/α-hetero) is 1. The predicted octanol–water partition coefficient (Wildman–Crippen LogP) is 1.08. The summed E-state index contributed by atoms with van der Waals surface area (Å²) in [6.45, 7) is 1.91. The summed E-state index contributed by atoms with van der Waals surface area (Å²) in [4.78, 5) is 22.4. The molecule has 1 aromatic carbocycles. The lowest BCUT2D eigenvalue weighted by atomic mass is 9.94. The van der Waals surface area contributed by atoms with Crippen LogP contribution in [0, 0.1) is 23.7 Å². The molecule has 1 atom stereocenters. The van der Waals surface area contributed by atoms with Crippen LogP contribution in [0.2, 0.25) is 0 Å². The summed E-state index contributed by atoms with van der Waals surface area (Å²) < 4.78 is 4.41. The van der Waals surface area contributed by atoms with Crippen LogP contribution in [0.3, 0.4) is 0 Å². The van der Waals surface area contributed by atoms with Gasteiger partial charge < -0.3 is 10.1 Å². The van der Waals surface area contributed by atoms with E-state index in [2.05, 4.69) is 4.74 Å². The standard InChI is InChI=1S/C12H10N2O3/c1-6-2-4-7(5-3-6)9(13)8-10(15)12(16)17-11(8)14/h2-5,8,13-14H,1H3. The first-order valence-electron chi connectivity index (χ1n) is 5.00. The lowest BCUT2D eigenvalue weighted by molar-refractivity contribution is -0.144. The van der Waals surface area contributed by atoms with E-state index < -0.39 is 23.6 Å². The molecular formula is C12H10N2O3. The van der Waals surface area contributed by atoms with Crippen LogP contribution in [0.1, 0.15) is 11.1 Å². The molecule has 0 amide bonds. The summed E-state index contributed by atoms with van der Waals surface area (Å²) in [7, 11) is 0. The summed E-state index contributed by atoms with van der Waals surface area (Å²) in [6.07, 6.45) is 0. The summed E-state index contributed by atoms with van der Waals surface area (Å²) in [6, 6.07) is 6.97. The van der Waals surface area contributed by atoms with Crippen molar-refractivity contribution in [1.82, 2.24) is 0 Å². The largest absolute Gasteiger partial charge is 0.405 e. The van der Waals surface area contributed by atoms with Crippen molar-refractivity contribution >= 4 is 23.4 Å². The Kier molecular flexibility index (Phi) is 2.59. The minimum Gasteiger partial charge on any atom is -0.405 e. The maximum absolute atomic E-state index is 11.4. The molecule has 2 N–H and O–H groups in total. The predicted molar refractivity (Wildman–Crippen MR) is 60.3 cm³/mol. The van der Waals surface area contributed by atoms with Crippen LogP contribution in [-0.2, 0) is 14.3 Å². The fourth-order valence-electron chi connectivity index (χ4n) is 1.61. The van der Waals surface area contributed by atoms with Crippen molar-refractivity contribution in [2.45, 2.75) is 6.92 Å². The van der Waals surface area contributed by atoms with Gasteiger partial charge in [0.15, 0.2) is 0 Å². The van der Waals surface area contributed by atoms with Crippen LogP contribution in [0.15, 0.2) is 24.3 Å². The smallest absolute Gasteiger partial charge is 0.382 e. The van der Waals surface area contributed by atoms with Gasteiger partial charge in [0.2, 0.25) is 5.90 Å². The molecule has 17 heavy (non-hydrogen) atoms. The number of benzene rings is 1. The fourth-order valence-corrected chi connectivity index (χ4v) is 1.61. The first-order valence-corrected chi connectivity index (χ1v) is 5.00. The highest BCUT2D eigenvalue weighted by molar-refractivity contribution is 6.50. The van der Waals surface area contributed by atoms with Gasteiger partial charge in [-0.25, -0.2) is 4.79 Å².